The molecule has 0 unspecified atom stereocenters. The van der Waals surface area contributed by atoms with Gasteiger partial charge in [0.25, 0.3) is 5.91 Å². The summed E-state index contributed by atoms with van der Waals surface area (Å²) >= 11 is 0. The number of nitrogens with one attached hydrogen (secondary N) is 2. The number of aromatic nitrogens is 4. The monoisotopic (exact) mass is 403 g/mol. The first-order valence-corrected chi connectivity index (χ1v) is 9.61. The lowest BCUT2D eigenvalue weighted by molar-refractivity contribution is 0.0954. The summed E-state index contributed by atoms with van der Waals surface area (Å²) in [5, 5.41) is 5.92. The number of anilines is 2. The predicted molar refractivity (Wildman–Crippen MR) is 117 cm³/mol. The van der Waals surface area contributed by atoms with Gasteiger partial charge in [0.05, 0.1) is 11.3 Å². The number of nitrogens with zero attached hydrogens (tertiary/aromatic N) is 4. The number of carbonyl (C=O) groups excluding carboxylic acids is 1. The van der Waals surface area contributed by atoms with E-state index in [0.29, 0.717) is 36.0 Å². The van der Waals surface area contributed by atoms with Crippen LogP contribution in [0.25, 0.3) is 5.57 Å². The molecule has 0 aliphatic heterocycles. The van der Waals surface area contributed by atoms with Gasteiger partial charge in [-0.15, -0.1) is 0 Å². The Morgan fingerprint density at radius 1 is 1.10 bits per heavy atom. The van der Waals surface area contributed by atoms with E-state index in [2.05, 4.69) is 30.6 Å². The van der Waals surface area contributed by atoms with Crippen molar-refractivity contribution in [1.29, 1.82) is 0 Å². The van der Waals surface area contributed by atoms with Crippen LogP contribution in [0.15, 0.2) is 54.6 Å². The third-order valence-corrected chi connectivity index (χ3v) is 4.36. The first-order chi connectivity index (χ1) is 14.4. The lowest BCUT2D eigenvalue weighted by atomic mass is 10.1. The maximum Gasteiger partial charge on any atom is 0.254 e. The van der Waals surface area contributed by atoms with Crippen LogP contribution >= 0.6 is 0 Å². The predicted octanol–water partition coefficient (Wildman–Crippen LogP) is 3.14. The fourth-order valence-electron chi connectivity index (χ4n) is 3.00. The molecule has 30 heavy (non-hydrogen) atoms. The summed E-state index contributed by atoms with van der Waals surface area (Å²) in [7, 11) is 0. The number of allylic oxidation sites excluding steroid dienone is 1. The fraction of sp³-hybridized carbons (Fsp3) is 0.227. The van der Waals surface area contributed by atoms with E-state index in [1.165, 1.54) is 12.4 Å². The molecular weight excluding hydrogens is 378 g/mol. The van der Waals surface area contributed by atoms with Gasteiger partial charge in [-0.2, -0.15) is 0 Å². The minimum absolute atomic E-state index is 0.249. The molecule has 0 atom stereocenters. The van der Waals surface area contributed by atoms with Crippen molar-refractivity contribution in [1.82, 2.24) is 25.3 Å². The summed E-state index contributed by atoms with van der Waals surface area (Å²) < 4.78 is 0. The van der Waals surface area contributed by atoms with Crippen LogP contribution < -0.4 is 16.4 Å². The molecule has 3 aromatic heterocycles. The minimum Gasteiger partial charge on any atom is -0.402 e. The number of carbonyl (C=O) groups is 1. The number of rotatable bonds is 7. The third-order valence-electron chi connectivity index (χ3n) is 4.36. The largest absolute Gasteiger partial charge is 0.402 e. The SMILES string of the molecule is C/C(N)=C(\CCNC(=O)c1cnc(Nc2cc(C)cc(C)n2)nc1)c1ccccn1. The molecule has 3 rings (SSSR count). The second-order valence-electron chi connectivity index (χ2n) is 6.97. The van der Waals surface area contributed by atoms with Gasteiger partial charge >= 0.3 is 0 Å². The lowest BCUT2D eigenvalue weighted by Crippen LogP contribution is -2.25. The van der Waals surface area contributed by atoms with E-state index in [0.717, 1.165) is 22.5 Å². The highest BCUT2D eigenvalue weighted by Crippen LogP contribution is 2.17. The molecule has 0 aliphatic rings. The van der Waals surface area contributed by atoms with Crippen molar-refractivity contribution >= 4 is 23.2 Å². The van der Waals surface area contributed by atoms with E-state index >= 15 is 0 Å². The standard InChI is InChI=1S/C22H25N7O/c1-14-10-15(2)28-20(11-14)29-22-26-12-17(13-27-22)21(30)25-9-7-18(16(3)23)19-6-4-5-8-24-19/h4-6,8,10-13H,7,9,23H2,1-3H3,(H,25,30)(H,26,27,28,29)/b18-16-. The van der Waals surface area contributed by atoms with Crippen LogP contribution in [0.2, 0.25) is 0 Å². The Balaban J connectivity index is 1.57. The molecule has 0 radical (unpaired) electrons. The Kier molecular flexibility index (Phi) is 6.69. The average molecular weight is 403 g/mol. The van der Waals surface area contributed by atoms with Gasteiger partial charge in [0.1, 0.15) is 5.82 Å². The number of amides is 1. The molecule has 8 nitrogen and oxygen atoms in total. The summed E-state index contributed by atoms with van der Waals surface area (Å²) in [6.45, 7) is 6.17. The summed E-state index contributed by atoms with van der Waals surface area (Å²) in [5.41, 5.74) is 10.8. The van der Waals surface area contributed by atoms with Gasteiger partial charge < -0.3 is 16.4 Å². The van der Waals surface area contributed by atoms with E-state index in [9.17, 15) is 4.79 Å². The number of aryl methyl sites for hydroxylation is 2. The highest BCUT2D eigenvalue weighted by atomic mass is 16.1. The van der Waals surface area contributed by atoms with Crippen molar-refractivity contribution in [3.05, 3.63) is 77.1 Å². The molecule has 8 heteroatoms. The van der Waals surface area contributed by atoms with Crippen LogP contribution in [0.1, 0.15) is 40.7 Å². The molecule has 0 saturated heterocycles. The Morgan fingerprint density at radius 3 is 2.50 bits per heavy atom. The van der Waals surface area contributed by atoms with Crippen molar-refractivity contribution in [2.24, 2.45) is 5.73 Å². The van der Waals surface area contributed by atoms with Gasteiger partial charge in [-0.25, -0.2) is 15.0 Å². The second-order valence-corrected chi connectivity index (χ2v) is 6.97. The zero-order valence-electron chi connectivity index (χ0n) is 17.3. The lowest BCUT2D eigenvalue weighted by Gasteiger charge is -2.10. The average Bonchev–Trinajstić information content (AvgIpc) is 2.71. The summed E-state index contributed by atoms with van der Waals surface area (Å²) in [6.07, 6.45) is 5.26. The molecule has 0 bridgehead atoms. The molecule has 0 aromatic carbocycles. The smallest absolute Gasteiger partial charge is 0.254 e. The van der Waals surface area contributed by atoms with Crippen molar-refractivity contribution in [2.75, 3.05) is 11.9 Å². The van der Waals surface area contributed by atoms with Crippen LogP contribution in [-0.2, 0) is 0 Å². The number of nitrogens with two attached hydrogens (primary N) is 1. The number of hydrogen-bond acceptors (Lipinski definition) is 7. The van der Waals surface area contributed by atoms with E-state index in [1.54, 1.807) is 6.20 Å². The molecule has 0 fully saturated rings. The second kappa shape index (κ2) is 9.60. The van der Waals surface area contributed by atoms with Crippen molar-refractivity contribution in [3.63, 3.8) is 0 Å². The molecule has 3 aromatic rings. The highest BCUT2D eigenvalue weighted by Gasteiger charge is 2.10. The zero-order valence-corrected chi connectivity index (χ0v) is 17.3. The van der Waals surface area contributed by atoms with Crippen molar-refractivity contribution in [2.45, 2.75) is 27.2 Å². The zero-order chi connectivity index (χ0) is 21.5. The van der Waals surface area contributed by atoms with Gasteiger partial charge in [0.15, 0.2) is 0 Å². The fourth-order valence-corrected chi connectivity index (χ4v) is 3.00. The molecule has 3 heterocycles. The Morgan fingerprint density at radius 2 is 1.87 bits per heavy atom. The van der Waals surface area contributed by atoms with Crippen LogP contribution in [0, 0.1) is 13.8 Å². The molecule has 154 valence electrons. The maximum absolute atomic E-state index is 12.4. The molecule has 0 spiro atoms. The topological polar surface area (TPSA) is 119 Å². The van der Waals surface area contributed by atoms with Crippen LogP contribution in [0.4, 0.5) is 11.8 Å². The van der Waals surface area contributed by atoms with Crippen molar-refractivity contribution in [3.8, 4) is 0 Å². The molecule has 0 saturated carbocycles. The maximum atomic E-state index is 12.4. The summed E-state index contributed by atoms with van der Waals surface area (Å²) in [4.78, 5) is 29.5. The molecule has 0 aliphatic carbocycles. The van der Waals surface area contributed by atoms with Crippen molar-refractivity contribution < 1.29 is 4.79 Å². The van der Waals surface area contributed by atoms with Gasteiger partial charge in [0.2, 0.25) is 5.95 Å². The Hall–Kier alpha value is -3.81. The van der Waals surface area contributed by atoms with Crippen LogP contribution in [-0.4, -0.2) is 32.4 Å². The normalized spacial score (nSPS) is 11.6. The van der Waals surface area contributed by atoms with Crippen LogP contribution in [0.5, 0.6) is 0 Å². The highest BCUT2D eigenvalue weighted by molar-refractivity contribution is 5.93. The van der Waals surface area contributed by atoms with Gasteiger partial charge in [-0.1, -0.05) is 6.07 Å². The van der Waals surface area contributed by atoms with Gasteiger partial charge in [-0.05, 0) is 62.6 Å². The molecule has 4 N–H and O–H groups in total. The molecular formula is C22H25N7O. The van der Waals surface area contributed by atoms with E-state index < -0.39 is 0 Å². The minimum atomic E-state index is -0.249. The van der Waals surface area contributed by atoms with Gasteiger partial charge in [0, 0.05) is 36.5 Å². The summed E-state index contributed by atoms with van der Waals surface area (Å²) in [5.74, 6) is 0.792. The Labute approximate surface area is 175 Å². The number of hydrogen-bond donors (Lipinski definition) is 3. The Bertz CT molecular complexity index is 1020. The first kappa shape index (κ1) is 20.9. The summed E-state index contributed by atoms with van der Waals surface area (Å²) in [6, 6.07) is 9.55. The van der Waals surface area contributed by atoms with E-state index in [-0.39, 0.29) is 5.91 Å². The molecule has 1 amide bonds. The van der Waals surface area contributed by atoms with Crippen LogP contribution in [0.3, 0.4) is 0 Å². The number of pyridine rings is 2. The van der Waals surface area contributed by atoms with E-state index in [1.807, 2.05) is 51.1 Å². The first-order valence-electron chi connectivity index (χ1n) is 9.61. The third kappa shape index (κ3) is 5.60. The van der Waals surface area contributed by atoms with Gasteiger partial charge in [-0.3, -0.25) is 9.78 Å². The quantitative estimate of drug-likeness (QED) is 0.554. The van der Waals surface area contributed by atoms with E-state index in [4.69, 9.17) is 5.73 Å².